The molecule has 4 aliphatic rings. The van der Waals surface area contributed by atoms with Crippen molar-refractivity contribution in [2.45, 2.75) is 138 Å². The third kappa shape index (κ3) is 18.3. The minimum Gasteiger partial charge on any atom is -0.610 e. The number of thiol groups is 1. The molecule has 2 fully saturated rings. The lowest BCUT2D eigenvalue weighted by atomic mass is 9.94. The lowest BCUT2D eigenvalue weighted by Crippen LogP contribution is -2.62. The number of likely N-dealkylation sites (tertiary alicyclic amines) is 1. The second kappa shape index (κ2) is 31.9. The van der Waals surface area contributed by atoms with Gasteiger partial charge in [0.25, 0.3) is 0 Å². The molecule has 0 aliphatic carbocycles. The van der Waals surface area contributed by atoms with E-state index in [4.69, 9.17) is 0 Å². The van der Waals surface area contributed by atoms with Gasteiger partial charge in [-0.05, 0) is 49.4 Å². The number of aliphatic hydroxyl groups excluding tert-OH is 2. The second-order valence-electron chi connectivity index (χ2n) is 22.7. The van der Waals surface area contributed by atoms with Crippen LogP contribution in [0.3, 0.4) is 0 Å². The van der Waals surface area contributed by atoms with Crippen molar-refractivity contribution in [1.82, 2.24) is 68.0 Å². The Labute approximate surface area is 530 Å². The molecule has 1 aromatic heterocycles. The molecule has 4 aliphatic heterocycles. The Morgan fingerprint density at radius 2 is 1.45 bits per heavy atom. The highest BCUT2D eigenvalue weighted by Crippen LogP contribution is 2.30. The summed E-state index contributed by atoms with van der Waals surface area (Å²) in [5.41, 5.74) is 1.29. The maximum atomic E-state index is 15.0. The van der Waals surface area contributed by atoms with Crippen LogP contribution in [0.1, 0.15) is 77.3 Å². The van der Waals surface area contributed by atoms with Gasteiger partial charge >= 0.3 is 0 Å². The maximum Gasteiger partial charge on any atom is 0.248 e. The average Bonchev–Trinajstić information content (AvgIpc) is 1.81. The third-order valence-corrected chi connectivity index (χ3v) is 18.0. The molecule has 0 spiro atoms. The third-order valence-electron chi connectivity index (χ3n) is 16.1. The zero-order valence-electron chi connectivity index (χ0n) is 50.3. The van der Waals surface area contributed by atoms with E-state index in [2.05, 4.69) is 76.1 Å². The molecule has 0 radical (unpaired) electrons. The maximum absolute atomic E-state index is 15.0. The van der Waals surface area contributed by atoms with Crippen LogP contribution >= 0.6 is 12.6 Å². The van der Waals surface area contributed by atoms with Gasteiger partial charge in [0.1, 0.15) is 42.0 Å². The highest BCUT2D eigenvalue weighted by atomic mass is 32.2. The molecule has 2 saturated heterocycles. The Hall–Kier alpha value is -8.66. The summed E-state index contributed by atoms with van der Waals surface area (Å²) >= 11 is 1.69. The summed E-state index contributed by atoms with van der Waals surface area (Å²) in [6.07, 6.45) is -2.69. The van der Waals surface area contributed by atoms with Gasteiger partial charge in [0.05, 0.1) is 44.0 Å². The van der Waals surface area contributed by atoms with Crippen molar-refractivity contribution in [3.8, 4) is 0 Å². The van der Waals surface area contributed by atoms with Crippen molar-refractivity contribution in [3.63, 3.8) is 0 Å². The SMILES string of the molecule is CC[C@H](C)C1NC(=O)CNC(=O)[C@H]2Cc3c([nH]c4ccccc34)[S+]([O-])C[C@H](NC(=O)CNC1=O)C(=O)N[C@@H](CC(=O)NCc1ccc(NC(=O)[C@H](C)NC(=O)CNC(=O)CCN3C(=O)CC(S)C3=O)cc1)C(=O)N1CCC[C@H]1C(=O)NC([C@@H](C)[C@@H](O)CO)C(=O)N2. The molecule has 492 valence electrons. The van der Waals surface area contributed by atoms with Gasteiger partial charge in [0.15, 0.2) is 6.04 Å². The Bertz CT molecular complexity index is 3300. The van der Waals surface area contributed by atoms with Gasteiger partial charge in [-0.1, -0.05) is 57.5 Å². The number of aromatic amines is 1. The van der Waals surface area contributed by atoms with Crippen LogP contribution in [0.2, 0.25) is 0 Å². The number of hydrogen-bond donors (Lipinski definition) is 15. The van der Waals surface area contributed by atoms with E-state index >= 15 is 0 Å². The number of nitrogens with one attached hydrogen (secondary N) is 12. The fourth-order valence-electron chi connectivity index (χ4n) is 10.6. The first-order chi connectivity index (χ1) is 43.3. The molecule has 2 aromatic carbocycles. The summed E-state index contributed by atoms with van der Waals surface area (Å²) in [5.74, 6) is -14.0. The van der Waals surface area contributed by atoms with E-state index in [1.807, 2.05) is 0 Å². The van der Waals surface area contributed by atoms with Crippen LogP contribution in [0, 0.1) is 11.8 Å². The topological polar surface area (TPSA) is 457 Å². The number of fused-ring (bicyclic) bond motifs is 5. The van der Waals surface area contributed by atoms with Crippen molar-refractivity contribution in [2.24, 2.45) is 11.8 Å². The quantitative estimate of drug-likeness (QED) is 0.0343. The number of hydrogen-bond acceptors (Lipinski definition) is 18. The number of nitrogens with zero attached hydrogens (tertiary/aromatic N) is 2. The molecule has 2 bridgehead atoms. The Morgan fingerprint density at radius 3 is 2.13 bits per heavy atom. The van der Waals surface area contributed by atoms with Crippen molar-refractivity contribution in [3.05, 3.63) is 59.7 Å². The van der Waals surface area contributed by atoms with Crippen molar-refractivity contribution in [2.75, 3.05) is 50.4 Å². The largest absolute Gasteiger partial charge is 0.610 e. The van der Waals surface area contributed by atoms with Crippen molar-refractivity contribution >= 4 is 123 Å². The molecule has 33 heteroatoms. The number of benzene rings is 2. The summed E-state index contributed by atoms with van der Waals surface area (Å²) in [6, 6.07) is 1.86. The molecular weight excluding hydrogens is 1230 g/mol. The second-order valence-corrected chi connectivity index (χ2v) is 24.7. The number of H-pyrrole nitrogens is 1. The summed E-state index contributed by atoms with van der Waals surface area (Å²) in [7, 11) is 0. The molecule has 7 rings (SSSR count). The smallest absolute Gasteiger partial charge is 0.248 e. The van der Waals surface area contributed by atoms with E-state index in [0.29, 0.717) is 22.9 Å². The minimum absolute atomic E-state index is 0.00881. The number of rotatable bonds is 17. The number of carbonyl (C=O) groups is 14. The predicted molar refractivity (Wildman–Crippen MR) is 326 cm³/mol. The highest BCUT2D eigenvalue weighted by Gasteiger charge is 2.44. The molecular formula is C58H76N14O17S2. The van der Waals surface area contributed by atoms with Gasteiger partial charge < -0.3 is 83.1 Å². The number of para-hydroxylation sites is 1. The van der Waals surface area contributed by atoms with Crippen LogP contribution in [-0.2, 0) is 91.3 Å². The molecule has 5 heterocycles. The molecule has 12 atom stereocenters. The molecule has 31 nitrogen and oxygen atoms in total. The summed E-state index contributed by atoms with van der Waals surface area (Å²) in [6.45, 7) is 2.76. The van der Waals surface area contributed by atoms with E-state index < -0.39 is 204 Å². The lowest BCUT2D eigenvalue weighted by molar-refractivity contribution is -0.144. The first kappa shape index (κ1) is 69.8. The Morgan fingerprint density at radius 1 is 0.758 bits per heavy atom. The van der Waals surface area contributed by atoms with Gasteiger partial charge in [-0.2, -0.15) is 12.6 Å². The fourth-order valence-corrected chi connectivity index (χ4v) is 12.3. The lowest BCUT2D eigenvalue weighted by Gasteiger charge is -2.33. The van der Waals surface area contributed by atoms with Crippen LogP contribution in [0.4, 0.5) is 5.69 Å². The summed E-state index contributed by atoms with van der Waals surface area (Å²) in [4.78, 5) is 196. The van der Waals surface area contributed by atoms with Crippen LogP contribution in [-0.4, -0.2) is 211 Å². The van der Waals surface area contributed by atoms with Gasteiger partial charge in [-0.3, -0.25) is 72.0 Å². The van der Waals surface area contributed by atoms with Gasteiger partial charge in [0, 0.05) is 78.1 Å². The normalized spacial score (nSPS) is 24.6. The van der Waals surface area contributed by atoms with Gasteiger partial charge in [-0.15, -0.1) is 0 Å². The monoisotopic (exact) mass is 1300 g/mol. The van der Waals surface area contributed by atoms with E-state index in [-0.39, 0.29) is 61.6 Å². The molecule has 0 saturated carbocycles. The first-order valence-corrected chi connectivity index (χ1v) is 31.5. The number of anilines is 1. The van der Waals surface area contributed by atoms with Gasteiger partial charge in [-0.25, -0.2) is 0 Å². The zero-order chi connectivity index (χ0) is 66.4. The number of amides is 14. The Kier molecular flexibility index (Phi) is 24.5. The van der Waals surface area contributed by atoms with E-state index in [1.54, 1.807) is 38.1 Å². The number of imide groups is 1. The number of aliphatic hydroxyl groups is 2. The van der Waals surface area contributed by atoms with E-state index in [9.17, 15) is 81.9 Å². The molecule has 4 unspecified atom stereocenters. The average molecular weight is 1310 g/mol. The zero-order valence-corrected chi connectivity index (χ0v) is 52.1. The van der Waals surface area contributed by atoms with Gasteiger partial charge in [0.2, 0.25) is 87.7 Å². The highest BCUT2D eigenvalue weighted by molar-refractivity contribution is 7.91. The first-order valence-electron chi connectivity index (χ1n) is 29.6. The molecule has 14 amide bonds. The van der Waals surface area contributed by atoms with Crippen LogP contribution in [0.15, 0.2) is 53.6 Å². The van der Waals surface area contributed by atoms with Crippen LogP contribution < -0.4 is 58.5 Å². The van der Waals surface area contributed by atoms with Crippen LogP contribution in [0.5, 0.6) is 0 Å². The number of aromatic nitrogens is 1. The standard InChI is InChI=1S/C58H76N14O17S2/c1-5-28(2)48-54(85)62-24-45(78)65-38-27-91(89)56-34(33-9-6-7-10-35(33)68-56)19-36(51(82)61-25-46(79)69-48)66-55(86)49(29(3)40(74)26-73)70-53(84)39-11-8-17-71(39)57(87)37(67-52(38)83)20-43(76)59-22-31-12-14-32(15-13-31)64-50(81)30(4)63-44(77)23-60-42(75)16-18-72-47(80)21-41(90)58(72)88/h6-7,9-10,12-15,28-30,36-41,48-49,68,73-74,90H,5,8,11,16-27H2,1-4H3,(H,59,76)(H,60,75)(H,61,82)(H,62,85)(H,63,77)(H,64,81)(H,65,78)(H,66,86)(H,67,83)(H,69,79)(H,70,84)/t28-,29-,30-,36+,37-,38-,39-,40-,41?,48?,49?,91?/m0/s1. The van der Waals surface area contributed by atoms with Crippen molar-refractivity contribution < 1.29 is 81.9 Å². The molecule has 91 heavy (non-hydrogen) atoms. The van der Waals surface area contributed by atoms with E-state index in [0.717, 1.165) is 9.80 Å². The molecule has 14 N–H and O–H groups in total. The minimum atomic E-state index is -2.35. The van der Waals surface area contributed by atoms with Crippen LogP contribution in [0.25, 0.3) is 10.9 Å². The predicted octanol–water partition coefficient (Wildman–Crippen LogP) is -4.76. The Balaban J connectivity index is 1.13. The summed E-state index contributed by atoms with van der Waals surface area (Å²) < 4.78 is 15.0. The summed E-state index contributed by atoms with van der Waals surface area (Å²) in [5, 5.41) is 48.4. The molecule has 3 aromatic rings. The fraction of sp³-hybridized carbons (Fsp3) is 0.517. The van der Waals surface area contributed by atoms with E-state index in [1.165, 1.54) is 38.1 Å². The number of carbonyl (C=O) groups excluding carboxylic acids is 14. The van der Waals surface area contributed by atoms with Crippen molar-refractivity contribution in [1.29, 1.82) is 0 Å².